The Morgan fingerprint density at radius 3 is 2.62 bits per heavy atom. The van der Waals surface area contributed by atoms with Crippen LogP contribution in [-0.4, -0.2) is 43.5 Å². The molecule has 0 spiro atoms. The lowest BCUT2D eigenvalue weighted by molar-refractivity contribution is -0.117. The first-order valence-corrected chi connectivity index (χ1v) is 6.80. The van der Waals surface area contributed by atoms with Gasteiger partial charge in [0.25, 0.3) is 0 Å². The lowest BCUT2D eigenvalue weighted by Gasteiger charge is -2.16. The molecule has 2 fully saturated rings. The number of nitrogens with zero attached hydrogens (tertiary/aromatic N) is 1. The van der Waals surface area contributed by atoms with Crippen molar-refractivity contribution in [1.82, 2.24) is 10.2 Å². The van der Waals surface area contributed by atoms with E-state index < -0.39 is 11.6 Å². The van der Waals surface area contributed by atoms with Gasteiger partial charge in [-0.3, -0.25) is 9.69 Å². The van der Waals surface area contributed by atoms with E-state index in [1.165, 1.54) is 0 Å². The third kappa shape index (κ3) is 3.70. The maximum absolute atomic E-state index is 13.4. The highest BCUT2D eigenvalue weighted by atomic mass is 35.5. The smallest absolute Gasteiger partial charge is 0.238 e. The number of carbonyl (C=O) groups is 1. The molecule has 0 radical (unpaired) electrons. The zero-order chi connectivity index (χ0) is 14.1. The van der Waals surface area contributed by atoms with Crippen LogP contribution in [0.5, 0.6) is 0 Å². The molecule has 2 aliphatic rings. The Morgan fingerprint density at radius 1 is 1.29 bits per heavy atom. The van der Waals surface area contributed by atoms with Crippen LogP contribution in [0.1, 0.15) is 0 Å². The van der Waals surface area contributed by atoms with E-state index in [2.05, 4.69) is 15.5 Å². The number of amides is 1. The first-order chi connectivity index (χ1) is 9.61. The monoisotopic (exact) mass is 317 g/mol. The molecule has 2 aliphatic heterocycles. The molecule has 2 N–H and O–H groups in total. The molecule has 7 heteroatoms. The van der Waals surface area contributed by atoms with Crippen molar-refractivity contribution in [2.45, 2.75) is 0 Å². The fourth-order valence-corrected chi connectivity index (χ4v) is 3.07. The summed E-state index contributed by atoms with van der Waals surface area (Å²) < 4.78 is 26.5. The molecule has 2 atom stereocenters. The summed E-state index contributed by atoms with van der Waals surface area (Å²) in [6.45, 7) is 4.00. The normalized spacial score (nSPS) is 24.5. The molecule has 0 bridgehead atoms. The van der Waals surface area contributed by atoms with Gasteiger partial charge in [-0.15, -0.1) is 12.4 Å². The summed E-state index contributed by atoms with van der Waals surface area (Å²) in [5.74, 6) is -0.282. The number of halogens is 3. The molecule has 0 aliphatic carbocycles. The average molecular weight is 318 g/mol. The predicted molar refractivity (Wildman–Crippen MR) is 78.5 cm³/mol. The average Bonchev–Trinajstić information content (AvgIpc) is 2.94. The Morgan fingerprint density at radius 2 is 1.95 bits per heavy atom. The highest BCUT2D eigenvalue weighted by molar-refractivity contribution is 5.92. The van der Waals surface area contributed by atoms with Gasteiger partial charge in [-0.25, -0.2) is 8.78 Å². The molecule has 1 aromatic rings. The quantitative estimate of drug-likeness (QED) is 0.887. The van der Waals surface area contributed by atoms with E-state index >= 15 is 0 Å². The largest absolute Gasteiger partial charge is 0.322 e. The Balaban J connectivity index is 0.00000161. The van der Waals surface area contributed by atoms with Gasteiger partial charge < -0.3 is 10.6 Å². The minimum absolute atomic E-state index is 0. The molecule has 4 nitrogen and oxygen atoms in total. The van der Waals surface area contributed by atoms with E-state index in [1.54, 1.807) is 0 Å². The van der Waals surface area contributed by atoms with Crippen LogP contribution in [0, 0.1) is 23.5 Å². The van der Waals surface area contributed by atoms with Gasteiger partial charge >= 0.3 is 0 Å². The number of nitrogens with one attached hydrogen (secondary N) is 2. The van der Waals surface area contributed by atoms with Gasteiger partial charge in [0.2, 0.25) is 5.91 Å². The number of carbonyl (C=O) groups excluding carboxylic acids is 1. The summed E-state index contributed by atoms with van der Waals surface area (Å²) in [4.78, 5) is 14.0. The molecule has 0 saturated carbocycles. The molecule has 0 aromatic heterocycles. The van der Waals surface area contributed by atoms with Gasteiger partial charge in [-0.1, -0.05) is 0 Å². The maximum atomic E-state index is 13.4. The number of hydrogen-bond acceptors (Lipinski definition) is 3. The second-order valence-corrected chi connectivity index (χ2v) is 5.54. The van der Waals surface area contributed by atoms with Crippen LogP contribution in [0.4, 0.5) is 14.5 Å². The van der Waals surface area contributed by atoms with Crippen LogP contribution in [-0.2, 0) is 4.79 Å². The van der Waals surface area contributed by atoms with Crippen LogP contribution in [0.15, 0.2) is 18.2 Å². The minimum atomic E-state index is -0.623. The molecule has 0 unspecified atom stereocenters. The van der Waals surface area contributed by atoms with Crippen molar-refractivity contribution in [2.24, 2.45) is 11.8 Å². The molecule has 1 aromatic carbocycles. The lowest BCUT2D eigenvalue weighted by atomic mass is 10.0. The maximum Gasteiger partial charge on any atom is 0.238 e. The molecule has 2 heterocycles. The summed E-state index contributed by atoms with van der Waals surface area (Å²) in [7, 11) is 0. The number of anilines is 1. The standard InChI is InChI=1S/C14H17F2N3O.ClH/c15-11-1-2-12(16)13(3-11)18-14(20)8-19-6-9-4-17-5-10(9)7-19;/h1-3,9-10,17H,4-8H2,(H,18,20);1H/t9-,10+;. The van der Waals surface area contributed by atoms with Crippen molar-refractivity contribution >= 4 is 24.0 Å². The van der Waals surface area contributed by atoms with Gasteiger partial charge in [0.1, 0.15) is 11.6 Å². The van der Waals surface area contributed by atoms with Gasteiger partial charge in [-0.2, -0.15) is 0 Å². The fraction of sp³-hybridized carbons (Fsp3) is 0.500. The zero-order valence-electron chi connectivity index (χ0n) is 11.4. The minimum Gasteiger partial charge on any atom is -0.322 e. The third-order valence-electron chi connectivity index (χ3n) is 4.03. The summed E-state index contributed by atoms with van der Waals surface area (Å²) in [5, 5.41) is 5.77. The molecule has 2 saturated heterocycles. The number of benzene rings is 1. The van der Waals surface area contributed by atoms with Crippen LogP contribution in [0.25, 0.3) is 0 Å². The van der Waals surface area contributed by atoms with E-state index in [4.69, 9.17) is 0 Å². The van der Waals surface area contributed by atoms with Crippen molar-refractivity contribution in [3.8, 4) is 0 Å². The highest BCUT2D eigenvalue weighted by Crippen LogP contribution is 2.26. The van der Waals surface area contributed by atoms with E-state index in [-0.39, 0.29) is 30.5 Å². The Bertz CT molecular complexity index is 517. The summed E-state index contributed by atoms with van der Waals surface area (Å²) in [5.41, 5.74) is -0.101. The van der Waals surface area contributed by atoms with E-state index in [1.807, 2.05) is 0 Å². The van der Waals surface area contributed by atoms with Gasteiger partial charge in [0, 0.05) is 19.2 Å². The van der Waals surface area contributed by atoms with Crippen LogP contribution < -0.4 is 10.6 Å². The summed E-state index contributed by atoms with van der Waals surface area (Å²) in [6.07, 6.45) is 0. The Labute approximate surface area is 128 Å². The van der Waals surface area contributed by atoms with Gasteiger partial charge in [0.15, 0.2) is 0 Å². The fourth-order valence-electron chi connectivity index (χ4n) is 3.07. The van der Waals surface area contributed by atoms with Crippen molar-refractivity contribution < 1.29 is 13.6 Å². The van der Waals surface area contributed by atoms with Crippen LogP contribution in [0.3, 0.4) is 0 Å². The van der Waals surface area contributed by atoms with Crippen LogP contribution >= 0.6 is 12.4 Å². The number of likely N-dealkylation sites (tertiary alicyclic amines) is 1. The predicted octanol–water partition coefficient (Wildman–Crippen LogP) is 1.48. The van der Waals surface area contributed by atoms with Crippen LogP contribution in [0.2, 0.25) is 0 Å². The number of hydrogen-bond donors (Lipinski definition) is 2. The van der Waals surface area contributed by atoms with E-state index in [0.717, 1.165) is 44.4 Å². The topological polar surface area (TPSA) is 44.4 Å². The van der Waals surface area contributed by atoms with Crippen molar-refractivity contribution in [3.05, 3.63) is 29.8 Å². The molecule has 116 valence electrons. The second-order valence-electron chi connectivity index (χ2n) is 5.54. The second kappa shape index (κ2) is 6.68. The lowest BCUT2D eigenvalue weighted by Crippen LogP contribution is -2.33. The summed E-state index contributed by atoms with van der Waals surface area (Å²) >= 11 is 0. The van der Waals surface area contributed by atoms with E-state index in [0.29, 0.717) is 11.8 Å². The van der Waals surface area contributed by atoms with E-state index in [9.17, 15) is 13.6 Å². The van der Waals surface area contributed by atoms with Gasteiger partial charge in [0.05, 0.1) is 12.2 Å². The van der Waals surface area contributed by atoms with Crippen molar-refractivity contribution in [1.29, 1.82) is 0 Å². The molecule has 3 rings (SSSR count). The van der Waals surface area contributed by atoms with Crippen molar-refractivity contribution in [2.75, 3.05) is 38.0 Å². The number of fused-ring (bicyclic) bond motifs is 1. The highest BCUT2D eigenvalue weighted by Gasteiger charge is 2.36. The zero-order valence-corrected chi connectivity index (χ0v) is 12.3. The first kappa shape index (κ1) is 16.1. The van der Waals surface area contributed by atoms with Gasteiger partial charge in [-0.05, 0) is 37.1 Å². The molecule has 21 heavy (non-hydrogen) atoms. The first-order valence-electron chi connectivity index (χ1n) is 6.80. The Hall–Kier alpha value is -1.24. The SMILES string of the molecule is Cl.O=C(CN1C[C@H]2CNC[C@H]2C1)Nc1cc(F)ccc1F. The van der Waals surface area contributed by atoms with Crippen molar-refractivity contribution in [3.63, 3.8) is 0 Å². The Kier molecular flexibility index (Phi) is 5.13. The molecule has 1 amide bonds. The number of rotatable bonds is 3. The molecular weight excluding hydrogens is 300 g/mol. The third-order valence-corrected chi connectivity index (χ3v) is 4.03. The summed E-state index contributed by atoms with van der Waals surface area (Å²) in [6, 6.07) is 3.03. The molecular formula is C14H18ClF2N3O.